The molecule has 24 heavy (non-hydrogen) atoms. The van der Waals surface area contributed by atoms with Gasteiger partial charge in [-0.2, -0.15) is 0 Å². The van der Waals surface area contributed by atoms with Crippen molar-refractivity contribution in [1.29, 1.82) is 0 Å². The summed E-state index contributed by atoms with van der Waals surface area (Å²) in [6.45, 7) is 3.02. The van der Waals surface area contributed by atoms with E-state index in [-0.39, 0.29) is 0 Å². The molecule has 0 aromatic heterocycles. The highest BCUT2D eigenvalue weighted by atomic mass is 16.6. The summed E-state index contributed by atoms with van der Waals surface area (Å²) in [5.74, 6) is -1.13. The number of rotatable bonds is 6. The quantitative estimate of drug-likeness (QED) is 0.755. The SMILES string of the molecule is CC(=O)O[C@@H](C(=O)O[C@H](C)/C=C/c1ccccc1)c1ccccc1. The fraction of sp³-hybridized carbons (Fsp3) is 0.200. The van der Waals surface area contributed by atoms with Gasteiger partial charge in [0, 0.05) is 12.5 Å². The van der Waals surface area contributed by atoms with Crippen LogP contribution in [-0.2, 0) is 19.1 Å². The van der Waals surface area contributed by atoms with Crippen molar-refractivity contribution in [2.24, 2.45) is 0 Å². The van der Waals surface area contributed by atoms with Gasteiger partial charge in [0.1, 0.15) is 6.10 Å². The Balaban J connectivity index is 2.04. The molecule has 0 saturated carbocycles. The smallest absolute Gasteiger partial charge is 0.352 e. The zero-order chi connectivity index (χ0) is 17.4. The molecule has 2 atom stereocenters. The molecule has 2 aromatic rings. The van der Waals surface area contributed by atoms with Gasteiger partial charge >= 0.3 is 11.9 Å². The van der Waals surface area contributed by atoms with Gasteiger partial charge in [0.05, 0.1) is 0 Å². The fourth-order valence-corrected chi connectivity index (χ4v) is 2.14. The predicted octanol–water partition coefficient (Wildman–Crippen LogP) is 3.94. The van der Waals surface area contributed by atoms with Crippen molar-refractivity contribution in [3.8, 4) is 0 Å². The number of carbonyl (C=O) groups excluding carboxylic acids is 2. The van der Waals surface area contributed by atoms with Crippen molar-refractivity contribution < 1.29 is 19.1 Å². The molecule has 0 aliphatic rings. The maximum atomic E-state index is 12.4. The maximum absolute atomic E-state index is 12.4. The molecule has 0 fully saturated rings. The Labute approximate surface area is 141 Å². The van der Waals surface area contributed by atoms with Crippen LogP contribution >= 0.6 is 0 Å². The summed E-state index contributed by atoms with van der Waals surface area (Å²) in [5.41, 5.74) is 1.59. The Morgan fingerprint density at radius 2 is 1.50 bits per heavy atom. The molecule has 124 valence electrons. The Kier molecular flexibility index (Phi) is 6.32. The van der Waals surface area contributed by atoms with E-state index in [0.29, 0.717) is 5.56 Å². The molecule has 0 aliphatic heterocycles. The average Bonchev–Trinajstić information content (AvgIpc) is 2.59. The van der Waals surface area contributed by atoms with E-state index in [1.54, 1.807) is 37.3 Å². The average molecular weight is 324 g/mol. The first-order valence-corrected chi connectivity index (χ1v) is 7.72. The van der Waals surface area contributed by atoms with Gasteiger partial charge in [-0.3, -0.25) is 4.79 Å². The van der Waals surface area contributed by atoms with Crippen LogP contribution < -0.4 is 0 Å². The predicted molar refractivity (Wildman–Crippen MR) is 92.0 cm³/mol. The van der Waals surface area contributed by atoms with Crippen LogP contribution in [0.1, 0.15) is 31.1 Å². The number of hydrogen-bond acceptors (Lipinski definition) is 4. The first-order valence-electron chi connectivity index (χ1n) is 7.72. The van der Waals surface area contributed by atoms with Crippen molar-refractivity contribution in [3.05, 3.63) is 77.9 Å². The highest BCUT2D eigenvalue weighted by molar-refractivity contribution is 5.80. The molecular formula is C20H20O4. The number of ether oxygens (including phenoxy) is 2. The molecule has 0 aliphatic carbocycles. The molecule has 0 radical (unpaired) electrons. The van der Waals surface area contributed by atoms with E-state index in [2.05, 4.69) is 0 Å². The van der Waals surface area contributed by atoms with Crippen molar-refractivity contribution >= 4 is 18.0 Å². The van der Waals surface area contributed by atoms with Crippen LogP contribution in [0.15, 0.2) is 66.7 Å². The highest BCUT2D eigenvalue weighted by Crippen LogP contribution is 2.20. The Bertz CT molecular complexity index is 692. The van der Waals surface area contributed by atoms with Crippen LogP contribution in [0.4, 0.5) is 0 Å². The minimum atomic E-state index is -1.06. The first kappa shape index (κ1) is 17.5. The Morgan fingerprint density at radius 3 is 2.08 bits per heavy atom. The molecule has 0 bridgehead atoms. The first-order chi connectivity index (χ1) is 11.6. The summed E-state index contributed by atoms with van der Waals surface area (Å²) < 4.78 is 10.5. The molecule has 0 saturated heterocycles. The van der Waals surface area contributed by atoms with E-state index in [0.717, 1.165) is 5.56 Å². The van der Waals surface area contributed by atoms with Crippen LogP contribution in [0.3, 0.4) is 0 Å². The molecule has 2 rings (SSSR count). The number of benzene rings is 2. The van der Waals surface area contributed by atoms with E-state index in [1.165, 1.54) is 6.92 Å². The summed E-state index contributed by atoms with van der Waals surface area (Å²) >= 11 is 0. The second-order valence-corrected chi connectivity index (χ2v) is 5.31. The Hall–Kier alpha value is -2.88. The van der Waals surface area contributed by atoms with Crippen LogP contribution in [0.5, 0.6) is 0 Å². The molecule has 0 N–H and O–H groups in total. The molecule has 0 heterocycles. The third-order valence-corrected chi connectivity index (χ3v) is 3.26. The van der Waals surface area contributed by atoms with Crippen LogP contribution in [0.2, 0.25) is 0 Å². The lowest BCUT2D eigenvalue weighted by Gasteiger charge is -2.18. The van der Waals surface area contributed by atoms with Gasteiger partial charge in [-0.15, -0.1) is 0 Å². The lowest BCUT2D eigenvalue weighted by atomic mass is 10.1. The summed E-state index contributed by atoms with van der Waals surface area (Å²) in [5, 5.41) is 0. The van der Waals surface area contributed by atoms with E-state index in [4.69, 9.17) is 9.47 Å². The molecule has 2 aromatic carbocycles. The van der Waals surface area contributed by atoms with Gasteiger partial charge < -0.3 is 9.47 Å². The van der Waals surface area contributed by atoms with Gasteiger partial charge in [-0.25, -0.2) is 4.79 Å². The number of esters is 2. The number of carbonyl (C=O) groups is 2. The molecule has 0 spiro atoms. The normalized spacial score (nSPS) is 13.2. The van der Waals surface area contributed by atoms with Gasteiger partial charge in [-0.1, -0.05) is 66.7 Å². The standard InChI is InChI=1S/C20H20O4/c1-15(13-14-17-9-5-3-6-10-17)23-20(22)19(24-16(2)21)18-11-7-4-8-12-18/h3-15,19H,1-2H3/b14-13+/t15-,19-/m1/s1. The molecule has 4 nitrogen and oxygen atoms in total. The highest BCUT2D eigenvalue weighted by Gasteiger charge is 2.26. The summed E-state index contributed by atoms with van der Waals surface area (Å²) in [6.07, 6.45) is 2.15. The summed E-state index contributed by atoms with van der Waals surface area (Å²) in [4.78, 5) is 23.7. The molecular weight excluding hydrogens is 304 g/mol. The van der Waals surface area contributed by atoms with Crippen LogP contribution in [-0.4, -0.2) is 18.0 Å². The lowest BCUT2D eigenvalue weighted by Crippen LogP contribution is -2.24. The van der Waals surface area contributed by atoms with Crippen molar-refractivity contribution in [3.63, 3.8) is 0 Å². The van der Waals surface area contributed by atoms with E-state index < -0.39 is 24.1 Å². The van der Waals surface area contributed by atoms with Gasteiger partial charge in [0.15, 0.2) is 0 Å². The number of hydrogen-bond donors (Lipinski definition) is 0. The van der Waals surface area contributed by atoms with E-state index >= 15 is 0 Å². The Morgan fingerprint density at radius 1 is 0.917 bits per heavy atom. The van der Waals surface area contributed by atoms with Crippen molar-refractivity contribution in [2.75, 3.05) is 0 Å². The zero-order valence-corrected chi connectivity index (χ0v) is 13.7. The summed E-state index contributed by atoms with van der Waals surface area (Å²) in [7, 11) is 0. The third kappa shape index (κ3) is 5.39. The van der Waals surface area contributed by atoms with Gasteiger partial charge in [-0.05, 0) is 18.6 Å². The molecule has 0 unspecified atom stereocenters. The second kappa shape index (κ2) is 8.67. The maximum Gasteiger partial charge on any atom is 0.352 e. The van der Waals surface area contributed by atoms with Crippen molar-refractivity contribution in [1.82, 2.24) is 0 Å². The monoisotopic (exact) mass is 324 g/mol. The lowest BCUT2D eigenvalue weighted by molar-refractivity contribution is -0.169. The largest absolute Gasteiger partial charge is 0.455 e. The topological polar surface area (TPSA) is 52.6 Å². The summed E-state index contributed by atoms with van der Waals surface area (Å²) in [6, 6.07) is 18.5. The minimum absolute atomic E-state index is 0.445. The van der Waals surface area contributed by atoms with Crippen LogP contribution in [0.25, 0.3) is 6.08 Å². The fourth-order valence-electron chi connectivity index (χ4n) is 2.14. The van der Waals surface area contributed by atoms with Gasteiger partial charge in [0.2, 0.25) is 6.10 Å². The van der Waals surface area contributed by atoms with Crippen molar-refractivity contribution in [2.45, 2.75) is 26.1 Å². The second-order valence-electron chi connectivity index (χ2n) is 5.31. The van der Waals surface area contributed by atoms with Crippen LogP contribution in [0, 0.1) is 0 Å². The van der Waals surface area contributed by atoms with E-state index in [1.807, 2.05) is 42.5 Å². The minimum Gasteiger partial charge on any atom is -0.455 e. The zero-order valence-electron chi connectivity index (χ0n) is 13.7. The molecule has 0 amide bonds. The molecule has 4 heteroatoms. The third-order valence-electron chi connectivity index (χ3n) is 3.26. The van der Waals surface area contributed by atoms with Gasteiger partial charge in [0.25, 0.3) is 0 Å². The van der Waals surface area contributed by atoms with E-state index in [9.17, 15) is 9.59 Å².